The first kappa shape index (κ1) is 16.2. The van der Waals surface area contributed by atoms with Gasteiger partial charge in [0, 0.05) is 25.6 Å². The van der Waals surface area contributed by atoms with Crippen LogP contribution in [-0.2, 0) is 23.1 Å². The summed E-state index contributed by atoms with van der Waals surface area (Å²) in [7, 11) is 1.89. The van der Waals surface area contributed by atoms with E-state index >= 15 is 0 Å². The van der Waals surface area contributed by atoms with Gasteiger partial charge in [0.15, 0.2) is 0 Å². The Morgan fingerprint density at radius 3 is 2.30 bits per heavy atom. The van der Waals surface area contributed by atoms with E-state index in [1.807, 2.05) is 39.4 Å². The summed E-state index contributed by atoms with van der Waals surface area (Å²) in [6, 6.07) is 0. The van der Waals surface area contributed by atoms with Crippen LogP contribution >= 0.6 is 0 Å². The molecule has 0 unspecified atom stereocenters. The Bertz CT molecular complexity index is 492. The van der Waals surface area contributed by atoms with Crippen LogP contribution in [0.15, 0.2) is 0 Å². The first-order chi connectivity index (χ1) is 9.31. The Hall–Kier alpha value is -1.85. The van der Waals surface area contributed by atoms with Crippen LogP contribution in [0.25, 0.3) is 0 Å². The minimum absolute atomic E-state index is 0.165. The molecule has 1 rings (SSSR count). The van der Waals surface area contributed by atoms with E-state index in [0.29, 0.717) is 19.3 Å². The monoisotopic (exact) mass is 280 g/mol. The van der Waals surface area contributed by atoms with E-state index < -0.39 is 0 Å². The average molecular weight is 280 g/mol. The molecule has 6 heteroatoms. The van der Waals surface area contributed by atoms with Gasteiger partial charge >= 0.3 is 0 Å². The number of carbonyl (C=O) groups excluding carboxylic acids is 2. The van der Waals surface area contributed by atoms with Crippen LogP contribution in [0.3, 0.4) is 0 Å². The predicted octanol–water partition coefficient (Wildman–Crippen LogP) is 1.16. The molecule has 0 aliphatic heterocycles. The lowest BCUT2D eigenvalue weighted by molar-refractivity contribution is -0.129. The number of nitrogens with zero attached hydrogens (tertiary/aromatic N) is 2. The average Bonchev–Trinajstić information content (AvgIpc) is 2.58. The van der Waals surface area contributed by atoms with Crippen molar-refractivity contribution >= 4 is 11.8 Å². The third-order valence-corrected chi connectivity index (χ3v) is 3.20. The standard InChI is InChI=1S/C14H24N4O2/c1-9(2)8-14(20)16-15-13(19)7-6-12-10(3)17-18(5)11(12)4/h9H,6-8H2,1-5H3,(H,15,19)(H,16,20). The van der Waals surface area contributed by atoms with Crippen LogP contribution in [0.1, 0.15) is 43.6 Å². The minimum Gasteiger partial charge on any atom is -0.273 e. The first-order valence-electron chi connectivity index (χ1n) is 6.88. The molecule has 0 aromatic carbocycles. The summed E-state index contributed by atoms with van der Waals surface area (Å²) in [4.78, 5) is 23.1. The Morgan fingerprint density at radius 1 is 1.20 bits per heavy atom. The Kier molecular flexibility index (Phi) is 5.73. The number of hydrogen-bond acceptors (Lipinski definition) is 3. The van der Waals surface area contributed by atoms with E-state index in [4.69, 9.17) is 0 Å². The molecular weight excluding hydrogens is 256 g/mol. The molecule has 1 aromatic heterocycles. The summed E-state index contributed by atoms with van der Waals surface area (Å²) in [6.45, 7) is 7.83. The van der Waals surface area contributed by atoms with E-state index in [2.05, 4.69) is 16.0 Å². The molecule has 0 spiro atoms. The van der Waals surface area contributed by atoms with Gasteiger partial charge in [0.05, 0.1) is 5.69 Å². The van der Waals surface area contributed by atoms with Crippen molar-refractivity contribution in [3.8, 4) is 0 Å². The maximum atomic E-state index is 11.7. The highest BCUT2D eigenvalue weighted by atomic mass is 16.2. The summed E-state index contributed by atoms with van der Waals surface area (Å²) in [5.41, 5.74) is 7.97. The van der Waals surface area contributed by atoms with Crippen LogP contribution in [0.5, 0.6) is 0 Å². The van der Waals surface area contributed by atoms with Gasteiger partial charge < -0.3 is 0 Å². The smallest absolute Gasteiger partial charge is 0.238 e. The minimum atomic E-state index is -0.190. The van der Waals surface area contributed by atoms with Gasteiger partial charge in [-0.3, -0.25) is 25.1 Å². The van der Waals surface area contributed by atoms with E-state index in [1.54, 1.807) is 0 Å². The maximum absolute atomic E-state index is 11.7. The summed E-state index contributed by atoms with van der Waals surface area (Å²) in [6.07, 6.45) is 1.35. The van der Waals surface area contributed by atoms with Gasteiger partial charge in [-0.25, -0.2) is 0 Å². The summed E-state index contributed by atoms with van der Waals surface area (Å²) < 4.78 is 1.81. The summed E-state index contributed by atoms with van der Waals surface area (Å²) >= 11 is 0. The number of nitrogens with one attached hydrogen (secondary N) is 2. The molecule has 0 bridgehead atoms. The molecule has 6 nitrogen and oxygen atoms in total. The molecule has 0 aliphatic rings. The van der Waals surface area contributed by atoms with Gasteiger partial charge in [0.1, 0.15) is 0 Å². The normalized spacial score (nSPS) is 10.7. The highest BCUT2D eigenvalue weighted by molar-refractivity contribution is 5.82. The lowest BCUT2D eigenvalue weighted by atomic mass is 10.1. The van der Waals surface area contributed by atoms with Crippen LogP contribution < -0.4 is 10.9 Å². The molecule has 0 saturated carbocycles. The summed E-state index contributed by atoms with van der Waals surface area (Å²) in [5, 5.41) is 4.31. The molecule has 1 aromatic rings. The van der Waals surface area contributed by atoms with Crippen molar-refractivity contribution in [1.29, 1.82) is 0 Å². The SMILES string of the molecule is Cc1nn(C)c(C)c1CCC(=O)NNC(=O)CC(C)C. The van der Waals surface area contributed by atoms with Gasteiger partial charge in [-0.05, 0) is 31.7 Å². The molecular formula is C14H24N4O2. The number of carbonyl (C=O) groups is 2. The molecule has 1 heterocycles. The quantitative estimate of drug-likeness (QED) is 0.795. The van der Waals surface area contributed by atoms with Crippen LogP contribution in [0, 0.1) is 19.8 Å². The fraction of sp³-hybridized carbons (Fsp3) is 0.643. The highest BCUT2D eigenvalue weighted by Crippen LogP contribution is 2.13. The van der Waals surface area contributed by atoms with Gasteiger partial charge in [0.25, 0.3) is 0 Å². The fourth-order valence-electron chi connectivity index (χ4n) is 2.04. The number of hydrazine groups is 1. The lowest BCUT2D eigenvalue weighted by Gasteiger charge is -2.08. The Labute approximate surface area is 119 Å². The van der Waals surface area contributed by atoms with Crippen molar-refractivity contribution in [3.05, 3.63) is 17.0 Å². The van der Waals surface area contributed by atoms with Crippen molar-refractivity contribution in [2.75, 3.05) is 0 Å². The second kappa shape index (κ2) is 7.07. The molecule has 112 valence electrons. The highest BCUT2D eigenvalue weighted by Gasteiger charge is 2.12. The van der Waals surface area contributed by atoms with E-state index in [9.17, 15) is 9.59 Å². The maximum Gasteiger partial charge on any atom is 0.238 e. The van der Waals surface area contributed by atoms with Crippen molar-refractivity contribution in [1.82, 2.24) is 20.6 Å². The molecule has 20 heavy (non-hydrogen) atoms. The van der Waals surface area contributed by atoms with E-state index in [1.165, 1.54) is 0 Å². The van der Waals surface area contributed by atoms with Crippen molar-refractivity contribution in [2.24, 2.45) is 13.0 Å². The number of hydrogen-bond donors (Lipinski definition) is 2. The zero-order chi connectivity index (χ0) is 15.3. The number of rotatable bonds is 5. The number of amides is 2. The topological polar surface area (TPSA) is 76.0 Å². The molecule has 0 fully saturated rings. The van der Waals surface area contributed by atoms with Gasteiger partial charge in [0.2, 0.25) is 11.8 Å². The Balaban J connectivity index is 2.38. The zero-order valence-electron chi connectivity index (χ0n) is 12.9. The third kappa shape index (κ3) is 4.68. The van der Waals surface area contributed by atoms with E-state index in [0.717, 1.165) is 17.0 Å². The van der Waals surface area contributed by atoms with Crippen molar-refractivity contribution < 1.29 is 9.59 Å². The van der Waals surface area contributed by atoms with Gasteiger partial charge in [-0.2, -0.15) is 5.10 Å². The number of aromatic nitrogens is 2. The fourth-order valence-corrected chi connectivity index (χ4v) is 2.04. The molecule has 2 N–H and O–H groups in total. The third-order valence-electron chi connectivity index (χ3n) is 3.20. The second-order valence-corrected chi connectivity index (χ2v) is 5.47. The molecule has 2 amide bonds. The molecule has 0 atom stereocenters. The Morgan fingerprint density at radius 2 is 1.80 bits per heavy atom. The van der Waals surface area contributed by atoms with Crippen LogP contribution in [0.2, 0.25) is 0 Å². The zero-order valence-corrected chi connectivity index (χ0v) is 12.9. The molecule has 0 aliphatic carbocycles. The van der Waals surface area contributed by atoms with Gasteiger partial charge in [-0.15, -0.1) is 0 Å². The largest absolute Gasteiger partial charge is 0.273 e. The second-order valence-electron chi connectivity index (χ2n) is 5.47. The van der Waals surface area contributed by atoms with Crippen molar-refractivity contribution in [3.63, 3.8) is 0 Å². The van der Waals surface area contributed by atoms with Gasteiger partial charge in [-0.1, -0.05) is 13.8 Å². The summed E-state index contributed by atoms with van der Waals surface area (Å²) in [5.74, 6) is -0.0838. The lowest BCUT2D eigenvalue weighted by Crippen LogP contribution is -2.42. The van der Waals surface area contributed by atoms with E-state index in [-0.39, 0.29) is 17.7 Å². The molecule has 0 radical (unpaired) electrons. The van der Waals surface area contributed by atoms with Crippen molar-refractivity contribution in [2.45, 2.75) is 47.0 Å². The first-order valence-corrected chi connectivity index (χ1v) is 6.88. The number of aryl methyl sites for hydroxylation is 2. The van der Waals surface area contributed by atoms with Crippen LogP contribution in [-0.4, -0.2) is 21.6 Å². The molecule has 0 saturated heterocycles. The van der Waals surface area contributed by atoms with Crippen LogP contribution in [0.4, 0.5) is 0 Å². The predicted molar refractivity (Wildman–Crippen MR) is 76.7 cm³/mol.